The average molecular weight is 790 g/mol. The number of hydrogen-bond acceptors (Lipinski definition) is 5. The maximum atomic E-state index is 6.69. The maximum absolute atomic E-state index is 6.69. The van der Waals surface area contributed by atoms with Crippen molar-refractivity contribution in [3.05, 3.63) is 164 Å². The first-order valence-corrected chi connectivity index (χ1v) is 15.2. The van der Waals surface area contributed by atoms with Gasteiger partial charge in [0, 0.05) is 47.1 Å². The van der Waals surface area contributed by atoms with Crippen molar-refractivity contribution >= 4 is 39.0 Å². The number of anilines is 3. The summed E-state index contributed by atoms with van der Waals surface area (Å²) in [6.45, 7) is 0. The number of para-hydroxylation sites is 2. The largest absolute Gasteiger partial charge is 2.00 e. The SMILES string of the molecule is [Pt+2].[c-]1c(Oc2ccccn2)cc2c(c1-n1c3[c-]c(N(c4ccccc4)c4ccccn4)ccc3c3ccccc31)OC1C=CC=CC21. The summed E-state index contributed by atoms with van der Waals surface area (Å²) in [6, 6.07) is 43.9. The molecule has 2 aliphatic rings. The van der Waals surface area contributed by atoms with Crippen LogP contribution in [0.2, 0.25) is 0 Å². The molecular weight excluding hydrogens is 764 g/mol. The van der Waals surface area contributed by atoms with Crippen molar-refractivity contribution in [3.8, 4) is 23.1 Å². The minimum absolute atomic E-state index is 0. The van der Waals surface area contributed by atoms with E-state index in [1.165, 1.54) is 0 Å². The van der Waals surface area contributed by atoms with Gasteiger partial charge in [0.05, 0.1) is 0 Å². The van der Waals surface area contributed by atoms with Crippen LogP contribution in [0.1, 0.15) is 11.5 Å². The van der Waals surface area contributed by atoms with Gasteiger partial charge < -0.3 is 18.9 Å². The van der Waals surface area contributed by atoms with Crippen molar-refractivity contribution in [1.29, 1.82) is 0 Å². The van der Waals surface area contributed by atoms with Crippen LogP contribution in [0.3, 0.4) is 0 Å². The van der Waals surface area contributed by atoms with Crippen LogP contribution < -0.4 is 14.4 Å². The van der Waals surface area contributed by atoms with Gasteiger partial charge in [-0.25, -0.2) is 9.97 Å². The summed E-state index contributed by atoms with van der Waals surface area (Å²) in [4.78, 5) is 11.2. The Labute approximate surface area is 286 Å². The Morgan fingerprint density at radius 3 is 2.36 bits per heavy atom. The molecule has 7 aromatic rings. The molecule has 9 rings (SSSR count). The Bertz CT molecular complexity index is 2250. The van der Waals surface area contributed by atoms with Crippen LogP contribution in [-0.4, -0.2) is 20.6 Å². The predicted molar refractivity (Wildman–Crippen MR) is 181 cm³/mol. The van der Waals surface area contributed by atoms with Crippen LogP contribution in [0.15, 0.2) is 146 Å². The quantitative estimate of drug-likeness (QED) is 0.157. The number of ether oxygens (including phenoxy) is 2. The van der Waals surface area contributed by atoms with Gasteiger partial charge in [0.25, 0.3) is 0 Å². The van der Waals surface area contributed by atoms with Gasteiger partial charge in [0.2, 0.25) is 5.88 Å². The standard InChI is InChI=1S/C40H26N4O2.Pt/c1-2-12-27(13-3-1)43(38-18-8-10-22-41-38)28-20-21-31-30-14-4-6-16-34(30)44(35(31)24-28)36-26-29(45-39-19-9-11-23-42-39)25-33-32-15-5-7-17-37(32)46-40(33)36;/h1-23,25,32,37H;/q-2;+2. The van der Waals surface area contributed by atoms with Gasteiger partial charge in [-0.1, -0.05) is 78.0 Å². The first-order chi connectivity index (χ1) is 22.8. The van der Waals surface area contributed by atoms with Gasteiger partial charge in [-0.2, -0.15) is 6.07 Å². The molecule has 1 aliphatic carbocycles. The van der Waals surface area contributed by atoms with Crippen molar-refractivity contribution in [2.24, 2.45) is 0 Å². The fourth-order valence-electron chi connectivity index (χ4n) is 6.48. The molecule has 0 radical (unpaired) electrons. The van der Waals surface area contributed by atoms with Gasteiger partial charge >= 0.3 is 21.1 Å². The Balaban J connectivity index is 0.00000324. The summed E-state index contributed by atoms with van der Waals surface area (Å²) >= 11 is 0. The van der Waals surface area contributed by atoms with Crippen molar-refractivity contribution < 1.29 is 30.5 Å². The molecule has 4 aromatic carbocycles. The molecular formula is C40H26N4O2Pt. The van der Waals surface area contributed by atoms with Crippen LogP contribution in [0.5, 0.6) is 17.4 Å². The molecule has 0 N–H and O–H groups in total. The molecule has 2 unspecified atom stereocenters. The van der Waals surface area contributed by atoms with Crippen molar-refractivity contribution in [2.45, 2.75) is 12.0 Å². The van der Waals surface area contributed by atoms with Crippen LogP contribution in [0, 0.1) is 12.1 Å². The van der Waals surface area contributed by atoms with Crippen LogP contribution in [0.25, 0.3) is 27.5 Å². The molecule has 7 heteroatoms. The van der Waals surface area contributed by atoms with E-state index in [0.29, 0.717) is 11.6 Å². The summed E-state index contributed by atoms with van der Waals surface area (Å²) in [5.74, 6) is 2.72. The third-order valence-electron chi connectivity index (χ3n) is 8.48. The normalized spacial score (nSPS) is 15.9. The summed E-state index contributed by atoms with van der Waals surface area (Å²) in [7, 11) is 0. The molecule has 47 heavy (non-hydrogen) atoms. The van der Waals surface area contributed by atoms with Gasteiger partial charge in [0.1, 0.15) is 11.9 Å². The fourth-order valence-corrected chi connectivity index (χ4v) is 6.48. The van der Waals surface area contributed by atoms with Crippen molar-refractivity contribution in [2.75, 3.05) is 4.90 Å². The van der Waals surface area contributed by atoms with Crippen molar-refractivity contribution in [1.82, 2.24) is 14.5 Å². The number of pyridine rings is 2. The average Bonchev–Trinajstić information content (AvgIpc) is 3.65. The summed E-state index contributed by atoms with van der Waals surface area (Å²) in [5, 5.41) is 2.18. The zero-order valence-corrected chi connectivity index (χ0v) is 27.2. The first-order valence-electron chi connectivity index (χ1n) is 15.2. The third kappa shape index (κ3) is 5.02. The van der Waals surface area contributed by atoms with E-state index in [-0.39, 0.29) is 33.1 Å². The van der Waals surface area contributed by atoms with Gasteiger partial charge in [-0.3, -0.25) is 0 Å². The summed E-state index contributed by atoms with van der Waals surface area (Å²) in [6.07, 6.45) is 11.8. The Hall–Kier alpha value is -5.45. The van der Waals surface area contributed by atoms with E-state index in [2.05, 4.69) is 93.3 Å². The van der Waals surface area contributed by atoms with E-state index in [1.54, 1.807) is 6.20 Å². The number of aromatic nitrogens is 3. The van der Waals surface area contributed by atoms with E-state index in [9.17, 15) is 0 Å². The molecule has 0 saturated heterocycles. The second kappa shape index (κ2) is 12.0. The molecule has 2 atom stereocenters. The number of benzene rings is 4. The zero-order chi connectivity index (χ0) is 30.5. The van der Waals surface area contributed by atoms with Crippen molar-refractivity contribution in [3.63, 3.8) is 0 Å². The Kier molecular flexibility index (Phi) is 7.43. The fraction of sp³-hybridized carbons (Fsp3) is 0.0500. The third-order valence-corrected chi connectivity index (χ3v) is 8.48. The molecule has 0 amide bonds. The van der Waals surface area contributed by atoms with Crippen LogP contribution in [0.4, 0.5) is 17.2 Å². The summed E-state index contributed by atoms with van der Waals surface area (Å²) < 4.78 is 15.2. The van der Waals surface area contributed by atoms with Gasteiger partial charge in [0.15, 0.2) is 0 Å². The molecule has 0 saturated carbocycles. The second-order valence-electron chi connectivity index (χ2n) is 11.2. The predicted octanol–water partition coefficient (Wildman–Crippen LogP) is 9.40. The van der Waals surface area contributed by atoms with E-state index >= 15 is 0 Å². The van der Waals surface area contributed by atoms with E-state index < -0.39 is 0 Å². The van der Waals surface area contributed by atoms with Gasteiger partial charge in [-0.15, -0.1) is 35.2 Å². The van der Waals surface area contributed by atoms with Gasteiger partial charge in [-0.05, 0) is 53.5 Å². The van der Waals surface area contributed by atoms with E-state index in [1.807, 2.05) is 72.9 Å². The first kappa shape index (κ1) is 29.0. The summed E-state index contributed by atoms with van der Waals surface area (Å²) in [5.41, 5.74) is 5.58. The molecule has 228 valence electrons. The van der Waals surface area contributed by atoms with E-state index in [0.717, 1.165) is 56.0 Å². The second-order valence-corrected chi connectivity index (χ2v) is 11.2. The zero-order valence-electron chi connectivity index (χ0n) is 24.9. The number of nitrogens with zero attached hydrogens (tertiary/aromatic N) is 4. The molecule has 0 spiro atoms. The number of allylic oxidation sites excluding steroid dienone is 2. The van der Waals surface area contributed by atoms with Crippen LogP contribution in [-0.2, 0) is 21.1 Å². The molecule has 1 aliphatic heterocycles. The molecule has 0 bridgehead atoms. The minimum Gasteiger partial charge on any atom is -0.542 e. The smallest absolute Gasteiger partial charge is 0.542 e. The topological polar surface area (TPSA) is 52.4 Å². The molecule has 0 fully saturated rings. The molecule has 3 aromatic heterocycles. The number of rotatable bonds is 6. The Morgan fingerprint density at radius 2 is 1.53 bits per heavy atom. The number of hydrogen-bond donors (Lipinski definition) is 0. The Morgan fingerprint density at radius 1 is 0.745 bits per heavy atom. The van der Waals surface area contributed by atoms with E-state index in [4.69, 9.17) is 14.5 Å². The molecule has 4 heterocycles. The monoisotopic (exact) mass is 789 g/mol. The molecule has 6 nitrogen and oxygen atoms in total. The van der Waals surface area contributed by atoms with Crippen LogP contribution >= 0.6 is 0 Å². The number of fused-ring (bicyclic) bond motifs is 6. The minimum atomic E-state index is -0.109. The maximum Gasteiger partial charge on any atom is 2.00 e.